The summed E-state index contributed by atoms with van der Waals surface area (Å²) < 4.78 is 13.2. The van der Waals surface area contributed by atoms with Gasteiger partial charge in [-0.05, 0) is 25.1 Å². The molecule has 0 radical (unpaired) electrons. The van der Waals surface area contributed by atoms with Crippen LogP contribution in [-0.4, -0.2) is 47.5 Å². The number of aryl methyl sites for hydroxylation is 1. The SMILES string of the molecule is COCCNC(=O)Cn1nc(C)n2c(cc3c(OC)cccc32)c1=O. The van der Waals surface area contributed by atoms with Crippen molar-refractivity contribution in [1.82, 2.24) is 19.5 Å². The lowest BCUT2D eigenvalue weighted by Gasteiger charge is -2.09. The zero-order chi connectivity index (χ0) is 18.0. The highest BCUT2D eigenvalue weighted by atomic mass is 16.5. The van der Waals surface area contributed by atoms with Crippen LogP contribution in [-0.2, 0) is 16.1 Å². The number of fused-ring (bicyclic) bond motifs is 3. The number of carbonyl (C=O) groups is 1. The van der Waals surface area contributed by atoms with E-state index in [1.807, 2.05) is 18.2 Å². The number of benzene rings is 1. The number of carbonyl (C=O) groups excluding carboxylic acids is 1. The van der Waals surface area contributed by atoms with Crippen molar-refractivity contribution in [2.45, 2.75) is 13.5 Å². The molecule has 0 fully saturated rings. The van der Waals surface area contributed by atoms with Gasteiger partial charge in [0.05, 0.1) is 19.2 Å². The summed E-state index contributed by atoms with van der Waals surface area (Å²) in [6.45, 7) is 2.46. The number of ether oxygens (including phenoxy) is 2. The number of aromatic nitrogens is 3. The van der Waals surface area contributed by atoms with E-state index in [1.165, 1.54) is 4.68 Å². The van der Waals surface area contributed by atoms with Crippen LogP contribution in [0, 0.1) is 6.92 Å². The summed E-state index contributed by atoms with van der Waals surface area (Å²) in [6, 6.07) is 7.37. The summed E-state index contributed by atoms with van der Waals surface area (Å²) in [5.41, 5.74) is 0.968. The van der Waals surface area contributed by atoms with E-state index in [4.69, 9.17) is 9.47 Å². The van der Waals surface area contributed by atoms with Gasteiger partial charge in [-0.1, -0.05) is 6.07 Å². The van der Waals surface area contributed by atoms with Crippen molar-refractivity contribution in [3.05, 3.63) is 40.4 Å². The molecule has 25 heavy (non-hydrogen) atoms. The van der Waals surface area contributed by atoms with Gasteiger partial charge in [0.2, 0.25) is 5.91 Å². The number of hydrogen-bond acceptors (Lipinski definition) is 5. The van der Waals surface area contributed by atoms with Crippen LogP contribution in [0.25, 0.3) is 16.4 Å². The van der Waals surface area contributed by atoms with E-state index >= 15 is 0 Å². The molecule has 0 bridgehead atoms. The molecule has 2 aromatic heterocycles. The van der Waals surface area contributed by atoms with Gasteiger partial charge < -0.3 is 14.8 Å². The number of amides is 1. The number of nitrogens with zero attached hydrogens (tertiary/aromatic N) is 3. The maximum absolute atomic E-state index is 12.7. The molecular weight excluding hydrogens is 324 g/mol. The Morgan fingerprint density at radius 3 is 2.80 bits per heavy atom. The summed E-state index contributed by atoms with van der Waals surface area (Å²) in [5, 5.41) is 7.79. The quantitative estimate of drug-likeness (QED) is 0.666. The molecule has 8 nitrogen and oxygen atoms in total. The first-order chi connectivity index (χ1) is 12.1. The molecule has 3 aromatic rings. The van der Waals surface area contributed by atoms with Gasteiger partial charge in [-0.3, -0.25) is 14.0 Å². The average Bonchev–Trinajstić information content (AvgIpc) is 3.00. The van der Waals surface area contributed by atoms with E-state index in [2.05, 4.69) is 10.4 Å². The third kappa shape index (κ3) is 3.08. The molecule has 1 N–H and O–H groups in total. The van der Waals surface area contributed by atoms with Crippen molar-refractivity contribution in [2.24, 2.45) is 0 Å². The fraction of sp³-hybridized carbons (Fsp3) is 0.353. The highest BCUT2D eigenvalue weighted by molar-refractivity contribution is 5.92. The molecule has 0 saturated heterocycles. The second kappa shape index (κ2) is 6.94. The number of rotatable bonds is 6. The highest BCUT2D eigenvalue weighted by Crippen LogP contribution is 2.28. The van der Waals surface area contributed by atoms with Gasteiger partial charge in [-0.15, -0.1) is 0 Å². The first-order valence-electron chi connectivity index (χ1n) is 7.88. The van der Waals surface area contributed by atoms with Gasteiger partial charge in [0, 0.05) is 19.0 Å². The molecule has 0 aliphatic rings. The Hall–Kier alpha value is -2.87. The molecule has 132 valence electrons. The van der Waals surface area contributed by atoms with E-state index in [1.54, 1.807) is 31.6 Å². The van der Waals surface area contributed by atoms with Crippen LogP contribution in [0.1, 0.15) is 5.82 Å². The highest BCUT2D eigenvalue weighted by Gasteiger charge is 2.15. The van der Waals surface area contributed by atoms with Gasteiger partial charge in [0.15, 0.2) is 0 Å². The summed E-state index contributed by atoms with van der Waals surface area (Å²) in [7, 11) is 3.14. The van der Waals surface area contributed by atoms with Crippen molar-refractivity contribution in [3.8, 4) is 5.75 Å². The lowest BCUT2D eigenvalue weighted by molar-refractivity contribution is -0.122. The van der Waals surface area contributed by atoms with Gasteiger partial charge in [0.1, 0.15) is 23.6 Å². The van der Waals surface area contributed by atoms with E-state index in [9.17, 15) is 9.59 Å². The van der Waals surface area contributed by atoms with Crippen LogP contribution >= 0.6 is 0 Å². The van der Waals surface area contributed by atoms with Crippen LogP contribution < -0.4 is 15.6 Å². The largest absolute Gasteiger partial charge is 0.496 e. The van der Waals surface area contributed by atoms with Crippen molar-refractivity contribution >= 4 is 22.3 Å². The molecule has 1 aromatic carbocycles. The Bertz CT molecular complexity index is 990. The second-order valence-electron chi connectivity index (χ2n) is 5.61. The standard InChI is InChI=1S/C17H20N4O4/c1-11-19-20(10-16(22)18-7-8-24-2)17(23)14-9-12-13(21(11)14)5-4-6-15(12)25-3/h4-6,9H,7-8,10H2,1-3H3,(H,18,22). The Morgan fingerprint density at radius 1 is 1.28 bits per heavy atom. The van der Waals surface area contributed by atoms with Crippen LogP contribution in [0.3, 0.4) is 0 Å². The maximum Gasteiger partial charge on any atom is 0.291 e. The predicted octanol–water partition coefficient (Wildman–Crippen LogP) is 0.729. The van der Waals surface area contributed by atoms with E-state index < -0.39 is 0 Å². The molecule has 0 aliphatic heterocycles. The van der Waals surface area contributed by atoms with Crippen LogP contribution in [0.2, 0.25) is 0 Å². The Kier molecular flexibility index (Phi) is 4.71. The number of hydrogen-bond donors (Lipinski definition) is 1. The Balaban J connectivity index is 2.05. The zero-order valence-electron chi connectivity index (χ0n) is 14.4. The first-order valence-corrected chi connectivity index (χ1v) is 7.88. The Morgan fingerprint density at radius 2 is 2.08 bits per heavy atom. The van der Waals surface area contributed by atoms with Gasteiger partial charge >= 0.3 is 0 Å². The number of methoxy groups -OCH3 is 2. The van der Waals surface area contributed by atoms with E-state index in [0.29, 0.717) is 30.2 Å². The van der Waals surface area contributed by atoms with Crippen molar-refractivity contribution in [1.29, 1.82) is 0 Å². The second-order valence-corrected chi connectivity index (χ2v) is 5.61. The van der Waals surface area contributed by atoms with Crippen molar-refractivity contribution in [2.75, 3.05) is 27.4 Å². The molecule has 8 heteroatoms. The van der Waals surface area contributed by atoms with E-state index in [-0.39, 0.29) is 18.0 Å². The van der Waals surface area contributed by atoms with Crippen LogP contribution in [0.4, 0.5) is 0 Å². The lowest BCUT2D eigenvalue weighted by Crippen LogP contribution is -2.36. The molecule has 3 rings (SSSR count). The van der Waals surface area contributed by atoms with Crippen LogP contribution in [0.5, 0.6) is 5.75 Å². The van der Waals surface area contributed by atoms with Gasteiger partial charge in [-0.25, -0.2) is 4.68 Å². The third-order valence-electron chi connectivity index (χ3n) is 3.99. The molecule has 0 saturated carbocycles. The number of nitrogens with one attached hydrogen (secondary N) is 1. The molecule has 0 unspecified atom stereocenters. The topological polar surface area (TPSA) is 86.9 Å². The monoisotopic (exact) mass is 344 g/mol. The fourth-order valence-electron chi connectivity index (χ4n) is 2.88. The summed E-state index contributed by atoms with van der Waals surface area (Å²) >= 11 is 0. The minimum atomic E-state index is -0.328. The normalized spacial score (nSPS) is 11.2. The molecule has 1 amide bonds. The first kappa shape index (κ1) is 17.0. The molecule has 2 heterocycles. The smallest absolute Gasteiger partial charge is 0.291 e. The average molecular weight is 344 g/mol. The third-order valence-corrected chi connectivity index (χ3v) is 3.99. The predicted molar refractivity (Wildman–Crippen MR) is 93.1 cm³/mol. The van der Waals surface area contributed by atoms with Gasteiger partial charge in [-0.2, -0.15) is 5.10 Å². The summed E-state index contributed by atoms with van der Waals surface area (Å²) in [4.78, 5) is 24.7. The zero-order valence-corrected chi connectivity index (χ0v) is 14.4. The molecule has 0 atom stereocenters. The lowest BCUT2D eigenvalue weighted by atomic mass is 10.2. The summed E-state index contributed by atoms with van der Waals surface area (Å²) in [5.74, 6) is 1.01. The van der Waals surface area contributed by atoms with E-state index in [0.717, 1.165) is 10.9 Å². The van der Waals surface area contributed by atoms with Gasteiger partial charge in [0.25, 0.3) is 5.56 Å². The molecular formula is C17H20N4O4. The molecule has 0 aliphatic carbocycles. The fourth-order valence-corrected chi connectivity index (χ4v) is 2.88. The molecule has 0 spiro atoms. The summed E-state index contributed by atoms with van der Waals surface area (Å²) in [6.07, 6.45) is 0. The minimum Gasteiger partial charge on any atom is -0.496 e. The van der Waals surface area contributed by atoms with Crippen LogP contribution in [0.15, 0.2) is 29.1 Å². The Labute approximate surface area is 144 Å². The van der Waals surface area contributed by atoms with Crippen molar-refractivity contribution in [3.63, 3.8) is 0 Å². The minimum absolute atomic E-state index is 0.140. The maximum atomic E-state index is 12.7. The van der Waals surface area contributed by atoms with Crippen molar-refractivity contribution < 1.29 is 14.3 Å².